The van der Waals surface area contributed by atoms with Crippen molar-refractivity contribution in [3.8, 4) is 5.75 Å². The van der Waals surface area contributed by atoms with Crippen molar-refractivity contribution < 1.29 is 13.5 Å². The van der Waals surface area contributed by atoms with Gasteiger partial charge in [-0.15, -0.1) is 0 Å². The smallest absolute Gasteiger partial charge is 0.387 e. The Bertz CT molecular complexity index is 279. The van der Waals surface area contributed by atoms with Crippen LogP contribution in [0.15, 0.2) is 24.3 Å². The highest BCUT2D eigenvalue weighted by molar-refractivity contribution is 5.33. The van der Waals surface area contributed by atoms with Crippen LogP contribution in [-0.2, 0) is 6.42 Å². The highest BCUT2D eigenvalue weighted by atomic mass is 19.3. The third-order valence-corrected chi connectivity index (χ3v) is 1.84. The van der Waals surface area contributed by atoms with E-state index < -0.39 is 6.61 Å². The fraction of sp³-hybridized carbons (Fsp3) is 0.400. The van der Waals surface area contributed by atoms with Crippen molar-refractivity contribution in [2.45, 2.75) is 19.5 Å². The van der Waals surface area contributed by atoms with E-state index in [9.17, 15) is 8.78 Å². The van der Waals surface area contributed by atoms with Gasteiger partial charge < -0.3 is 10.5 Å². The van der Waals surface area contributed by atoms with Crippen LogP contribution in [0.25, 0.3) is 0 Å². The maximum absolute atomic E-state index is 12.0. The molecule has 0 aliphatic carbocycles. The van der Waals surface area contributed by atoms with E-state index in [0.29, 0.717) is 13.0 Å². The highest BCUT2D eigenvalue weighted by Gasteiger charge is 2.07. The lowest BCUT2D eigenvalue weighted by Crippen LogP contribution is -2.06. The van der Waals surface area contributed by atoms with Gasteiger partial charge in [0.1, 0.15) is 5.75 Å². The molecule has 0 unspecified atom stereocenters. The predicted molar refractivity (Wildman–Crippen MR) is 50.4 cm³/mol. The molecule has 2 nitrogen and oxygen atoms in total. The van der Waals surface area contributed by atoms with Crippen molar-refractivity contribution in [2.75, 3.05) is 6.54 Å². The standard InChI is InChI=1S/C10H13F2NO/c11-10(12)14-9-6-2-1-4-8(9)5-3-7-13/h1-2,4,6,10H,3,5,7,13H2. The number of rotatable bonds is 5. The Morgan fingerprint density at radius 2 is 2.00 bits per heavy atom. The van der Waals surface area contributed by atoms with Gasteiger partial charge in [0.15, 0.2) is 0 Å². The summed E-state index contributed by atoms with van der Waals surface area (Å²) in [7, 11) is 0. The van der Waals surface area contributed by atoms with Gasteiger partial charge in [-0.1, -0.05) is 18.2 Å². The van der Waals surface area contributed by atoms with Crippen LogP contribution in [-0.4, -0.2) is 13.2 Å². The average molecular weight is 201 g/mol. The van der Waals surface area contributed by atoms with Crippen LogP contribution in [0.3, 0.4) is 0 Å². The molecule has 1 aromatic rings. The van der Waals surface area contributed by atoms with Gasteiger partial charge in [-0.2, -0.15) is 8.78 Å². The van der Waals surface area contributed by atoms with Crippen LogP contribution in [0.1, 0.15) is 12.0 Å². The zero-order valence-electron chi connectivity index (χ0n) is 7.75. The minimum absolute atomic E-state index is 0.246. The zero-order valence-corrected chi connectivity index (χ0v) is 7.75. The molecule has 0 radical (unpaired) electrons. The van der Waals surface area contributed by atoms with Gasteiger partial charge in [0, 0.05) is 0 Å². The summed E-state index contributed by atoms with van der Waals surface area (Å²) in [6.45, 7) is -2.22. The predicted octanol–water partition coefficient (Wildman–Crippen LogP) is 2.18. The fourth-order valence-electron chi connectivity index (χ4n) is 1.21. The molecule has 0 spiro atoms. The number of nitrogens with two attached hydrogens (primary N) is 1. The van der Waals surface area contributed by atoms with E-state index in [0.717, 1.165) is 12.0 Å². The number of aryl methyl sites for hydroxylation is 1. The first-order valence-electron chi connectivity index (χ1n) is 4.47. The van der Waals surface area contributed by atoms with Crippen LogP contribution < -0.4 is 10.5 Å². The monoisotopic (exact) mass is 201 g/mol. The Labute approximate surface area is 81.7 Å². The third-order valence-electron chi connectivity index (χ3n) is 1.84. The van der Waals surface area contributed by atoms with Crippen LogP contribution in [0.4, 0.5) is 8.78 Å². The quantitative estimate of drug-likeness (QED) is 0.792. The van der Waals surface area contributed by atoms with Crippen LogP contribution >= 0.6 is 0 Å². The summed E-state index contributed by atoms with van der Waals surface area (Å²) < 4.78 is 28.3. The van der Waals surface area contributed by atoms with Gasteiger partial charge in [-0.05, 0) is 31.0 Å². The summed E-state index contributed by atoms with van der Waals surface area (Å²) in [5, 5.41) is 0. The number of benzene rings is 1. The largest absolute Gasteiger partial charge is 0.435 e. The molecule has 0 atom stereocenters. The molecule has 1 aromatic carbocycles. The zero-order chi connectivity index (χ0) is 10.4. The summed E-state index contributed by atoms with van der Waals surface area (Å²) in [4.78, 5) is 0. The summed E-state index contributed by atoms with van der Waals surface area (Å²) in [5.41, 5.74) is 6.11. The van der Waals surface area contributed by atoms with Crippen molar-refractivity contribution in [2.24, 2.45) is 5.73 Å². The number of halogens is 2. The molecule has 0 bridgehead atoms. The van der Waals surface area contributed by atoms with Crippen LogP contribution in [0.5, 0.6) is 5.75 Å². The molecule has 0 amide bonds. The van der Waals surface area contributed by atoms with Crippen molar-refractivity contribution in [1.29, 1.82) is 0 Å². The fourth-order valence-corrected chi connectivity index (χ4v) is 1.21. The third kappa shape index (κ3) is 3.30. The van der Waals surface area contributed by atoms with Crippen molar-refractivity contribution >= 4 is 0 Å². The topological polar surface area (TPSA) is 35.2 Å². The molecule has 0 aliphatic rings. The Kier molecular flexibility index (Phi) is 4.32. The summed E-state index contributed by atoms with van der Waals surface area (Å²) >= 11 is 0. The van der Waals surface area contributed by atoms with E-state index in [4.69, 9.17) is 5.73 Å². The molecule has 0 heterocycles. The minimum atomic E-state index is -2.77. The van der Waals surface area contributed by atoms with E-state index in [-0.39, 0.29) is 5.75 Å². The molecule has 14 heavy (non-hydrogen) atoms. The Balaban J connectivity index is 2.69. The first kappa shape index (κ1) is 10.9. The molecule has 0 fully saturated rings. The van der Waals surface area contributed by atoms with Gasteiger partial charge in [-0.25, -0.2) is 0 Å². The first-order valence-corrected chi connectivity index (χ1v) is 4.47. The maximum Gasteiger partial charge on any atom is 0.387 e. The molecule has 0 saturated heterocycles. The average Bonchev–Trinajstić information content (AvgIpc) is 2.16. The Hall–Kier alpha value is -1.16. The number of hydrogen-bond donors (Lipinski definition) is 1. The van der Waals surface area contributed by atoms with E-state index in [1.54, 1.807) is 18.2 Å². The van der Waals surface area contributed by atoms with Crippen LogP contribution in [0.2, 0.25) is 0 Å². The number of para-hydroxylation sites is 1. The molecule has 0 saturated carbocycles. The number of hydrogen-bond acceptors (Lipinski definition) is 2. The molecular weight excluding hydrogens is 188 g/mol. The van der Waals surface area contributed by atoms with Crippen molar-refractivity contribution in [1.82, 2.24) is 0 Å². The maximum atomic E-state index is 12.0. The minimum Gasteiger partial charge on any atom is -0.435 e. The summed E-state index contributed by atoms with van der Waals surface area (Å²) in [6, 6.07) is 6.78. The van der Waals surface area contributed by atoms with Gasteiger partial charge in [0.2, 0.25) is 0 Å². The lowest BCUT2D eigenvalue weighted by molar-refractivity contribution is -0.0504. The molecule has 78 valence electrons. The Morgan fingerprint density at radius 1 is 1.29 bits per heavy atom. The van der Waals surface area contributed by atoms with Crippen molar-refractivity contribution in [3.05, 3.63) is 29.8 Å². The second-order valence-electron chi connectivity index (χ2n) is 2.88. The normalized spacial score (nSPS) is 10.6. The number of ether oxygens (including phenoxy) is 1. The molecule has 1 rings (SSSR count). The molecule has 0 aliphatic heterocycles. The van der Waals surface area contributed by atoms with Gasteiger partial charge in [0.05, 0.1) is 0 Å². The van der Waals surface area contributed by atoms with E-state index in [2.05, 4.69) is 4.74 Å². The van der Waals surface area contributed by atoms with Gasteiger partial charge in [-0.3, -0.25) is 0 Å². The molecule has 2 N–H and O–H groups in total. The van der Waals surface area contributed by atoms with E-state index in [1.807, 2.05) is 0 Å². The van der Waals surface area contributed by atoms with Crippen molar-refractivity contribution in [3.63, 3.8) is 0 Å². The lowest BCUT2D eigenvalue weighted by atomic mass is 10.1. The highest BCUT2D eigenvalue weighted by Crippen LogP contribution is 2.21. The summed E-state index contributed by atoms with van der Waals surface area (Å²) in [6.07, 6.45) is 1.43. The SMILES string of the molecule is NCCCc1ccccc1OC(F)F. The number of alkyl halides is 2. The van der Waals surface area contributed by atoms with Gasteiger partial charge >= 0.3 is 6.61 Å². The van der Waals surface area contributed by atoms with Crippen LogP contribution in [0, 0.1) is 0 Å². The first-order chi connectivity index (χ1) is 6.74. The second kappa shape index (κ2) is 5.54. The van der Waals surface area contributed by atoms with E-state index in [1.165, 1.54) is 6.07 Å². The second-order valence-corrected chi connectivity index (χ2v) is 2.88. The molecular formula is C10H13F2NO. The van der Waals surface area contributed by atoms with Gasteiger partial charge in [0.25, 0.3) is 0 Å². The Morgan fingerprint density at radius 3 is 2.64 bits per heavy atom. The van der Waals surface area contributed by atoms with E-state index >= 15 is 0 Å². The lowest BCUT2D eigenvalue weighted by Gasteiger charge is -2.09. The molecule has 4 heteroatoms. The summed E-state index contributed by atoms with van der Waals surface area (Å²) in [5.74, 6) is 0.246. The molecule has 0 aromatic heterocycles.